The van der Waals surface area contributed by atoms with Crippen molar-refractivity contribution in [2.24, 2.45) is 0 Å². The number of hydrogen-bond donors (Lipinski definition) is 0. The fraction of sp³-hybridized carbons (Fsp3) is 0.400. The van der Waals surface area contributed by atoms with Gasteiger partial charge in [0.1, 0.15) is 17.0 Å². The van der Waals surface area contributed by atoms with Crippen LogP contribution in [0.2, 0.25) is 0 Å². The van der Waals surface area contributed by atoms with E-state index in [1.165, 1.54) is 0 Å². The Hall–Kier alpha value is -3.98. The van der Waals surface area contributed by atoms with Crippen LogP contribution >= 0.6 is 0 Å². The molecule has 1 aliphatic heterocycles. The van der Waals surface area contributed by atoms with E-state index in [4.69, 9.17) is 14.2 Å². The van der Waals surface area contributed by atoms with Crippen LogP contribution in [0.1, 0.15) is 51.9 Å². The minimum atomic E-state index is -0.507. The number of carbonyl (C=O) groups excluding carboxylic acids is 1. The van der Waals surface area contributed by atoms with Crippen LogP contribution in [0.3, 0.4) is 0 Å². The van der Waals surface area contributed by atoms with Crippen molar-refractivity contribution in [3.63, 3.8) is 0 Å². The molecule has 3 aromatic heterocycles. The van der Waals surface area contributed by atoms with E-state index in [0.717, 1.165) is 33.7 Å². The smallest absolute Gasteiger partial charge is 0.410 e. The summed E-state index contributed by atoms with van der Waals surface area (Å²) in [5.74, 6) is 0.797. The molecule has 0 radical (unpaired) electrons. The molecule has 1 aromatic carbocycles. The monoisotopic (exact) mass is 531 g/mol. The highest BCUT2D eigenvalue weighted by Gasteiger charge is 2.35. The van der Waals surface area contributed by atoms with Crippen molar-refractivity contribution in [3.8, 4) is 28.1 Å². The maximum absolute atomic E-state index is 12.2. The van der Waals surface area contributed by atoms with E-state index in [1.807, 2.05) is 94.6 Å². The van der Waals surface area contributed by atoms with E-state index < -0.39 is 5.60 Å². The first kappa shape index (κ1) is 28.0. The molecule has 5 rings (SSSR count). The first-order chi connectivity index (χ1) is 18.7. The number of rotatable bonds is 6. The molecule has 0 spiro atoms. The number of amides is 1. The van der Waals surface area contributed by atoms with Gasteiger partial charge < -0.3 is 23.5 Å². The molecule has 0 aliphatic carbocycles. The Bertz CT molecular complexity index is 1420. The van der Waals surface area contributed by atoms with Gasteiger partial charge in [0.2, 0.25) is 0 Å². The third-order valence-electron chi connectivity index (χ3n) is 6.13. The van der Waals surface area contributed by atoms with Crippen molar-refractivity contribution < 1.29 is 19.0 Å². The number of pyridine rings is 1. The molecule has 4 heterocycles. The maximum atomic E-state index is 12.2. The molecule has 206 valence electrons. The van der Waals surface area contributed by atoms with E-state index in [9.17, 15) is 4.79 Å². The zero-order valence-corrected chi connectivity index (χ0v) is 23.8. The van der Waals surface area contributed by atoms with Gasteiger partial charge in [-0.1, -0.05) is 19.9 Å². The number of aryl methyl sites for hydroxylation is 1. The maximum Gasteiger partial charge on any atom is 0.410 e. The number of aromatic nitrogens is 4. The quantitative estimate of drug-likeness (QED) is 0.277. The van der Waals surface area contributed by atoms with Crippen LogP contribution in [0.4, 0.5) is 4.79 Å². The van der Waals surface area contributed by atoms with Crippen molar-refractivity contribution in [2.75, 3.05) is 27.0 Å². The predicted molar refractivity (Wildman–Crippen MR) is 151 cm³/mol. The molecular weight excluding hydrogens is 494 g/mol. The lowest BCUT2D eigenvalue weighted by molar-refractivity contribution is 0.00780. The van der Waals surface area contributed by atoms with Gasteiger partial charge in [0.25, 0.3) is 0 Å². The summed E-state index contributed by atoms with van der Waals surface area (Å²) in [6, 6.07) is 14.0. The SMILES string of the molecule is CC.COCOc1cc(-c2ccc3nc(C)cn3c2)ccc1-c1ccc(C2CN(C(=O)OC(C)(C)C)C2)nn1. The summed E-state index contributed by atoms with van der Waals surface area (Å²) in [5.41, 5.74) is 5.79. The van der Waals surface area contributed by atoms with Crippen molar-refractivity contribution >= 4 is 11.7 Å². The average Bonchev–Trinajstić information content (AvgIpc) is 3.26. The van der Waals surface area contributed by atoms with Crippen LogP contribution in [-0.4, -0.2) is 63.2 Å². The molecule has 0 saturated carbocycles. The van der Waals surface area contributed by atoms with Crippen LogP contribution in [0.15, 0.2) is 54.9 Å². The van der Waals surface area contributed by atoms with Crippen molar-refractivity contribution in [3.05, 3.63) is 66.2 Å². The highest BCUT2D eigenvalue weighted by atomic mass is 16.7. The van der Waals surface area contributed by atoms with E-state index >= 15 is 0 Å². The van der Waals surface area contributed by atoms with Gasteiger partial charge >= 0.3 is 6.09 Å². The van der Waals surface area contributed by atoms with Crippen LogP contribution in [0, 0.1) is 6.92 Å². The van der Waals surface area contributed by atoms with Gasteiger partial charge in [-0.3, -0.25) is 0 Å². The number of imidazole rings is 1. The summed E-state index contributed by atoms with van der Waals surface area (Å²) in [6.45, 7) is 12.8. The van der Waals surface area contributed by atoms with Gasteiger partial charge in [-0.2, -0.15) is 10.2 Å². The molecule has 1 aliphatic rings. The second-order valence-corrected chi connectivity index (χ2v) is 10.3. The molecule has 1 amide bonds. The van der Waals surface area contributed by atoms with E-state index in [1.54, 1.807) is 12.0 Å². The molecule has 0 N–H and O–H groups in total. The summed E-state index contributed by atoms with van der Waals surface area (Å²) in [6.07, 6.45) is 3.76. The molecule has 4 aromatic rings. The van der Waals surface area contributed by atoms with Crippen LogP contribution in [-0.2, 0) is 9.47 Å². The van der Waals surface area contributed by atoms with Crippen LogP contribution in [0.25, 0.3) is 28.0 Å². The lowest BCUT2D eigenvalue weighted by Gasteiger charge is -2.39. The highest BCUT2D eigenvalue weighted by molar-refractivity contribution is 5.75. The summed E-state index contributed by atoms with van der Waals surface area (Å²) < 4.78 is 18.5. The number of fused-ring (bicyclic) bond motifs is 1. The molecule has 0 unspecified atom stereocenters. The third kappa shape index (κ3) is 6.54. The Kier molecular flexibility index (Phi) is 8.50. The van der Waals surface area contributed by atoms with Gasteiger partial charge in [0.15, 0.2) is 6.79 Å². The van der Waals surface area contributed by atoms with Gasteiger partial charge in [0.05, 0.1) is 17.1 Å². The molecule has 9 heteroatoms. The Balaban J connectivity index is 0.00000172. The van der Waals surface area contributed by atoms with Crippen LogP contribution < -0.4 is 4.74 Å². The Morgan fingerprint density at radius 3 is 2.41 bits per heavy atom. The Morgan fingerprint density at radius 1 is 1.00 bits per heavy atom. The first-order valence-corrected chi connectivity index (χ1v) is 13.2. The summed E-state index contributed by atoms with van der Waals surface area (Å²) in [4.78, 5) is 18.4. The van der Waals surface area contributed by atoms with Crippen molar-refractivity contribution in [2.45, 2.75) is 53.1 Å². The van der Waals surface area contributed by atoms with E-state index in [-0.39, 0.29) is 18.8 Å². The normalized spacial score (nSPS) is 13.5. The minimum absolute atomic E-state index is 0.115. The van der Waals surface area contributed by atoms with Gasteiger partial charge in [0, 0.05) is 44.1 Å². The number of likely N-dealkylation sites (tertiary alicyclic amines) is 1. The number of nitrogens with zero attached hydrogens (tertiary/aromatic N) is 5. The van der Waals surface area contributed by atoms with Crippen molar-refractivity contribution in [1.29, 1.82) is 0 Å². The van der Waals surface area contributed by atoms with Gasteiger partial charge in [-0.15, -0.1) is 0 Å². The molecule has 0 bridgehead atoms. The Labute approximate surface area is 229 Å². The predicted octanol–water partition coefficient (Wildman–Crippen LogP) is 6.11. The second-order valence-electron chi connectivity index (χ2n) is 10.3. The topological polar surface area (TPSA) is 91.1 Å². The van der Waals surface area contributed by atoms with Crippen molar-refractivity contribution in [1.82, 2.24) is 24.5 Å². The molecule has 1 saturated heterocycles. The average molecular weight is 532 g/mol. The molecule has 1 fully saturated rings. The van der Waals surface area contributed by atoms with E-state index in [2.05, 4.69) is 21.4 Å². The number of ether oxygens (including phenoxy) is 3. The zero-order valence-electron chi connectivity index (χ0n) is 23.8. The van der Waals surface area contributed by atoms with Crippen LogP contribution in [0.5, 0.6) is 5.75 Å². The summed E-state index contributed by atoms with van der Waals surface area (Å²) in [7, 11) is 1.59. The first-order valence-electron chi connectivity index (χ1n) is 13.2. The lowest BCUT2D eigenvalue weighted by Crippen LogP contribution is -2.50. The Morgan fingerprint density at radius 2 is 1.74 bits per heavy atom. The van der Waals surface area contributed by atoms with Gasteiger partial charge in [-0.25, -0.2) is 9.78 Å². The summed E-state index contributed by atoms with van der Waals surface area (Å²) in [5, 5.41) is 8.94. The number of methoxy groups -OCH3 is 1. The fourth-order valence-electron chi connectivity index (χ4n) is 4.29. The molecule has 39 heavy (non-hydrogen) atoms. The standard InChI is InChI=1S/C28H31N5O4.C2H6/c1-18-13-32-14-20(7-11-26(32)29-18)19-6-8-22(25(12-19)36-17-35-5)24-10-9-23(30-31-24)21-15-33(16-21)27(34)37-28(2,3)4;1-2/h6-14,21H,15-17H2,1-5H3;1-2H3. The zero-order chi connectivity index (χ0) is 28.2. The molecule has 0 atom stereocenters. The number of carbonyl (C=O) groups is 1. The fourth-order valence-corrected chi connectivity index (χ4v) is 4.29. The minimum Gasteiger partial charge on any atom is -0.467 e. The third-order valence-corrected chi connectivity index (χ3v) is 6.13. The molecule has 9 nitrogen and oxygen atoms in total. The van der Waals surface area contributed by atoms with E-state index in [0.29, 0.717) is 24.5 Å². The van der Waals surface area contributed by atoms with Gasteiger partial charge in [-0.05, 0) is 75.2 Å². The second kappa shape index (κ2) is 11.8. The number of benzene rings is 1. The largest absolute Gasteiger partial charge is 0.467 e. The molecular formula is C30H37N5O4. The lowest BCUT2D eigenvalue weighted by atomic mass is 9.96. The highest BCUT2D eigenvalue weighted by Crippen LogP contribution is 2.34. The summed E-state index contributed by atoms with van der Waals surface area (Å²) >= 11 is 0. The number of hydrogen-bond acceptors (Lipinski definition) is 7.